The molecule has 2 heteroatoms. The molecule has 1 N–H and O–H groups in total. The van der Waals surface area contributed by atoms with E-state index in [1.165, 1.54) is 5.57 Å². The van der Waals surface area contributed by atoms with Crippen molar-refractivity contribution in [1.82, 2.24) is 5.32 Å². The minimum atomic E-state index is 0.153. The molecular weight excluding hydrogens is 150 g/mol. The summed E-state index contributed by atoms with van der Waals surface area (Å²) >= 11 is 0. The third-order valence-electron chi connectivity index (χ3n) is 2.02. The lowest BCUT2D eigenvalue weighted by Crippen LogP contribution is -2.27. The number of hydrogen-bond acceptors (Lipinski definition) is 1. The lowest BCUT2D eigenvalue weighted by atomic mass is 10.0. The van der Waals surface area contributed by atoms with Crippen LogP contribution in [0.3, 0.4) is 0 Å². The first kappa shape index (κ1) is 9.04. The van der Waals surface area contributed by atoms with Crippen molar-refractivity contribution in [3.05, 3.63) is 23.4 Å². The van der Waals surface area contributed by atoms with Gasteiger partial charge in [0.15, 0.2) is 0 Å². The van der Waals surface area contributed by atoms with Crippen molar-refractivity contribution in [3.63, 3.8) is 0 Å². The maximum atomic E-state index is 11.0. The Bertz CT molecular complexity index is 238. The number of nitrogens with one attached hydrogen (secondary N) is 1. The Hall–Kier alpha value is -1.05. The number of carbonyl (C=O) groups excluding carboxylic acids is 1. The molecule has 0 aromatic heterocycles. The van der Waals surface area contributed by atoms with Crippen LogP contribution in [-0.2, 0) is 4.79 Å². The molecule has 1 aliphatic heterocycles. The summed E-state index contributed by atoms with van der Waals surface area (Å²) in [5, 5.41) is 2.89. The monoisotopic (exact) mass is 165 g/mol. The van der Waals surface area contributed by atoms with Gasteiger partial charge in [-0.05, 0) is 25.3 Å². The van der Waals surface area contributed by atoms with E-state index in [1.54, 1.807) is 0 Å². The summed E-state index contributed by atoms with van der Waals surface area (Å²) in [5.74, 6) is 0.153. The Labute approximate surface area is 73.4 Å². The summed E-state index contributed by atoms with van der Waals surface area (Å²) in [7, 11) is 0. The topological polar surface area (TPSA) is 29.1 Å². The fraction of sp³-hybridized carbons (Fsp3) is 0.500. The largest absolute Gasteiger partial charge is 0.330 e. The number of amides is 1. The van der Waals surface area contributed by atoms with E-state index in [0.29, 0.717) is 6.42 Å². The van der Waals surface area contributed by atoms with Crippen molar-refractivity contribution >= 4 is 5.91 Å². The second-order valence-electron chi connectivity index (χ2n) is 2.91. The maximum absolute atomic E-state index is 11.0. The summed E-state index contributed by atoms with van der Waals surface area (Å²) in [6.45, 7) is 4.06. The van der Waals surface area contributed by atoms with E-state index in [4.69, 9.17) is 0 Å². The van der Waals surface area contributed by atoms with Gasteiger partial charge in [-0.25, -0.2) is 0 Å². The van der Waals surface area contributed by atoms with Gasteiger partial charge in [-0.1, -0.05) is 19.1 Å². The molecule has 0 radical (unpaired) electrons. The first-order valence-electron chi connectivity index (χ1n) is 4.42. The van der Waals surface area contributed by atoms with E-state index < -0.39 is 0 Å². The van der Waals surface area contributed by atoms with E-state index in [-0.39, 0.29) is 5.91 Å². The van der Waals surface area contributed by atoms with E-state index in [1.807, 2.05) is 13.0 Å². The fourth-order valence-corrected chi connectivity index (χ4v) is 1.41. The van der Waals surface area contributed by atoms with Gasteiger partial charge in [0.25, 0.3) is 0 Å². The summed E-state index contributed by atoms with van der Waals surface area (Å²) in [4.78, 5) is 11.0. The van der Waals surface area contributed by atoms with Crippen molar-refractivity contribution in [2.24, 2.45) is 0 Å². The molecule has 1 rings (SSSR count). The van der Waals surface area contributed by atoms with Crippen LogP contribution >= 0.6 is 0 Å². The summed E-state index contributed by atoms with van der Waals surface area (Å²) in [6.07, 6.45) is 6.52. The average molecular weight is 165 g/mol. The van der Waals surface area contributed by atoms with Crippen molar-refractivity contribution < 1.29 is 4.79 Å². The number of allylic oxidation sites excluding steroid dienone is 4. The molecule has 0 aliphatic carbocycles. The number of hydrogen-bond donors (Lipinski definition) is 1. The van der Waals surface area contributed by atoms with Crippen LogP contribution in [0.25, 0.3) is 0 Å². The average Bonchev–Trinajstić information content (AvgIpc) is 2.08. The molecule has 0 aromatic rings. The second kappa shape index (κ2) is 4.10. The highest BCUT2D eigenvalue weighted by molar-refractivity contribution is 5.79. The third-order valence-corrected chi connectivity index (χ3v) is 2.02. The van der Waals surface area contributed by atoms with Crippen LogP contribution < -0.4 is 5.32 Å². The molecule has 0 fully saturated rings. The highest BCUT2D eigenvalue weighted by Crippen LogP contribution is 2.18. The van der Waals surface area contributed by atoms with E-state index >= 15 is 0 Å². The molecule has 66 valence electrons. The van der Waals surface area contributed by atoms with Gasteiger partial charge >= 0.3 is 0 Å². The van der Waals surface area contributed by atoms with Crippen molar-refractivity contribution in [2.75, 3.05) is 0 Å². The summed E-state index contributed by atoms with van der Waals surface area (Å²) in [6, 6.07) is 0. The van der Waals surface area contributed by atoms with Gasteiger partial charge in [0, 0.05) is 12.1 Å². The SMILES string of the molecule is C/C=C\C1=C(CC)NC(=O)CC1. The zero-order valence-corrected chi connectivity index (χ0v) is 7.68. The molecular formula is C10H15NO. The van der Waals surface area contributed by atoms with Crippen LogP contribution in [0.15, 0.2) is 23.4 Å². The Morgan fingerprint density at radius 1 is 1.50 bits per heavy atom. The summed E-state index contributed by atoms with van der Waals surface area (Å²) < 4.78 is 0. The highest BCUT2D eigenvalue weighted by atomic mass is 16.1. The first-order chi connectivity index (χ1) is 5.77. The zero-order chi connectivity index (χ0) is 8.97. The van der Waals surface area contributed by atoms with Gasteiger partial charge in [-0.2, -0.15) is 0 Å². The minimum Gasteiger partial charge on any atom is -0.330 e. The van der Waals surface area contributed by atoms with Gasteiger partial charge < -0.3 is 5.32 Å². The maximum Gasteiger partial charge on any atom is 0.224 e. The Morgan fingerprint density at radius 3 is 2.83 bits per heavy atom. The zero-order valence-electron chi connectivity index (χ0n) is 7.68. The van der Waals surface area contributed by atoms with Crippen molar-refractivity contribution in [1.29, 1.82) is 0 Å². The van der Waals surface area contributed by atoms with Crippen LogP contribution in [0.1, 0.15) is 33.1 Å². The quantitative estimate of drug-likeness (QED) is 0.667. The molecule has 0 bridgehead atoms. The number of carbonyl (C=O) groups is 1. The predicted molar refractivity (Wildman–Crippen MR) is 49.5 cm³/mol. The molecule has 0 saturated carbocycles. The molecule has 1 aliphatic rings. The molecule has 1 amide bonds. The Morgan fingerprint density at radius 2 is 2.25 bits per heavy atom. The lowest BCUT2D eigenvalue weighted by molar-refractivity contribution is -0.120. The molecule has 0 saturated heterocycles. The molecule has 0 atom stereocenters. The molecule has 0 unspecified atom stereocenters. The molecule has 0 aromatic carbocycles. The molecule has 1 heterocycles. The smallest absolute Gasteiger partial charge is 0.224 e. The predicted octanol–water partition coefficient (Wildman–Crippen LogP) is 2.14. The van der Waals surface area contributed by atoms with Crippen LogP contribution in [-0.4, -0.2) is 5.91 Å². The van der Waals surface area contributed by atoms with Crippen LogP contribution in [0.2, 0.25) is 0 Å². The Balaban J connectivity index is 2.83. The molecule has 12 heavy (non-hydrogen) atoms. The third kappa shape index (κ3) is 1.97. The normalized spacial score (nSPS) is 18.7. The highest BCUT2D eigenvalue weighted by Gasteiger charge is 2.13. The van der Waals surface area contributed by atoms with Gasteiger partial charge in [0.05, 0.1) is 0 Å². The van der Waals surface area contributed by atoms with E-state index in [9.17, 15) is 4.79 Å². The van der Waals surface area contributed by atoms with E-state index in [2.05, 4.69) is 18.3 Å². The molecule has 0 spiro atoms. The minimum absolute atomic E-state index is 0.153. The van der Waals surface area contributed by atoms with Crippen molar-refractivity contribution in [2.45, 2.75) is 33.1 Å². The second-order valence-corrected chi connectivity index (χ2v) is 2.91. The number of rotatable bonds is 2. The van der Waals surface area contributed by atoms with Gasteiger partial charge in [-0.3, -0.25) is 4.79 Å². The van der Waals surface area contributed by atoms with Crippen LogP contribution in [0.4, 0.5) is 0 Å². The van der Waals surface area contributed by atoms with Gasteiger partial charge in [0.2, 0.25) is 5.91 Å². The fourth-order valence-electron chi connectivity index (χ4n) is 1.41. The lowest BCUT2D eigenvalue weighted by Gasteiger charge is -2.17. The first-order valence-corrected chi connectivity index (χ1v) is 4.42. The molecule has 2 nitrogen and oxygen atoms in total. The van der Waals surface area contributed by atoms with Crippen LogP contribution in [0, 0.1) is 0 Å². The van der Waals surface area contributed by atoms with Crippen molar-refractivity contribution in [3.8, 4) is 0 Å². The Kier molecular flexibility index (Phi) is 3.09. The van der Waals surface area contributed by atoms with E-state index in [0.717, 1.165) is 18.5 Å². The van der Waals surface area contributed by atoms with Gasteiger partial charge in [-0.15, -0.1) is 0 Å². The summed E-state index contributed by atoms with van der Waals surface area (Å²) in [5.41, 5.74) is 2.36. The standard InChI is InChI=1S/C10H15NO/c1-3-5-8-6-7-10(12)11-9(8)4-2/h3,5H,4,6-7H2,1-2H3,(H,11,12)/b5-3-. The van der Waals surface area contributed by atoms with Gasteiger partial charge in [0.1, 0.15) is 0 Å². The van der Waals surface area contributed by atoms with Crippen LogP contribution in [0.5, 0.6) is 0 Å².